The molecule has 3 aliphatic rings. The van der Waals surface area contributed by atoms with E-state index in [1.54, 1.807) is 0 Å². The summed E-state index contributed by atoms with van der Waals surface area (Å²) < 4.78 is 6.80. The minimum Gasteiger partial charge on any atom is -0.447 e. The van der Waals surface area contributed by atoms with Crippen molar-refractivity contribution >= 4 is 44.9 Å². The highest BCUT2D eigenvalue weighted by molar-refractivity contribution is 9.10. The van der Waals surface area contributed by atoms with Crippen molar-refractivity contribution in [2.75, 3.05) is 5.32 Å². The maximum absolute atomic E-state index is 13.4. The predicted molar refractivity (Wildman–Crippen MR) is 133 cm³/mol. The third kappa shape index (κ3) is 4.61. The Hall–Kier alpha value is -3.26. The number of hydrogen-bond donors (Lipinski definition) is 2. The summed E-state index contributed by atoms with van der Waals surface area (Å²) in [5, 5.41) is 6.38. The molecule has 3 unspecified atom stereocenters. The van der Waals surface area contributed by atoms with E-state index in [2.05, 4.69) is 47.6 Å². The number of carbonyl (C=O) groups is 1. The number of nitrogens with zero attached hydrogens (tertiary/aromatic N) is 3. The van der Waals surface area contributed by atoms with E-state index in [9.17, 15) is 4.79 Å². The number of halogens is 1. The SMILES string of the molecule is CC1=NC(=NC2N=C3CCCC=C3O2)NC(c2ccccc2Br)C1C(=O)Nc1ccccc1. The van der Waals surface area contributed by atoms with Crippen molar-refractivity contribution in [1.29, 1.82) is 0 Å². The monoisotopic (exact) mass is 505 g/mol. The molecule has 7 nitrogen and oxygen atoms in total. The number of allylic oxidation sites excluding steroid dienone is 2. The number of benzene rings is 2. The lowest BCUT2D eigenvalue weighted by Gasteiger charge is -2.32. The maximum atomic E-state index is 13.4. The van der Waals surface area contributed by atoms with Gasteiger partial charge < -0.3 is 15.4 Å². The molecule has 0 spiro atoms. The molecule has 5 rings (SSSR count). The number of nitrogens with one attached hydrogen (secondary N) is 2. The summed E-state index contributed by atoms with van der Waals surface area (Å²) in [6.07, 6.45) is 4.39. The van der Waals surface area contributed by atoms with Gasteiger partial charge in [-0.1, -0.05) is 52.3 Å². The number of anilines is 1. The van der Waals surface area contributed by atoms with Crippen LogP contribution in [0, 0.1) is 5.92 Å². The predicted octanol–water partition coefficient (Wildman–Crippen LogP) is 4.99. The van der Waals surface area contributed by atoms with Gasteiger partial charge >= 0.3 is 0 Å². The lowest BCUT2D eigenvalue weighted by Crippen LogP contribution is -2.46. The summed E-state index contributed by atoms with van der Waals surface area (Å²) in [4.78, 5) is 27.2. The van der Waals surface area contributed by atoms with Crippen molar-refractivity contribution < 1.29 is 9.53 Å². The largest absolute Gasteiger partial charge is 0.447 e. The molecular weight excluding hydrogens is 482 g/mol. The first-order valence-corrected chi connectivity index (χ1v) is 11.8. The molecule has 2 aromatic rings. The van der Waals surface area contributed by atoms with E-state index >= 15 is 0 Å². The summed E-state index contributed by atoms with van der Waals surface area (Å²) in [6, 6.07) is 16.9. The molecule has 0 aromatic heterocycles. The topological polar surface area (TPSA) is 87.4 Å². The van der Waals surface area contributed by atoms with Crippen LogP contribution in [0.4, 0.5) is 5.69 Å². The first-order chi connectivity index (χ1) is 16.1. The third-order valence-corrected chi connectivity index (χ3v) is 6.60. The number of ether oxygens (including phenoxy) is 1. The van der Waals surface area contributed by atoms with Crippen molar-refractivity contribution in [2.45, 2.75) is 38.6 Å². The van der Waals surface area contributed by atoms with Crippen LogP contribution in [0.2, 0.25) is 0 Å². The molecule has 2 aliphatic heterocycles. The number of carbonyl (C=O) groups excluding carboxylic acids is 1. The molecule has 0 bridgehead atoms. The summed E-state index contributed by atoms with van der Waals surface area (Å²) in [6.45, 7) is 1.86. The van der Waals surface area contributed by atoms with E-state index in [0.717, 1.165) is 46.5 Å². The zero-order valence-corrected chi connectivity index (χ0v) is 19.7. The molecule has 8 heteroatoms. The van der Waals surface area contributed by atoms with Gasteiger partial charge in [-0.05, 0) is 56.0 Å². The van der Waals surface area contributed by atoms with Crippen LogP contribution in [0.5, 0.6) is 0 Å². The van der Waals surface area contributed by atoms with Crippen molar-refractivity contribution in [1.82, 2.24) is 5.32 Å². The van der Waals surface area contributed by atoms with E-state index in [4.69, 9.17) is 4.74 Å². The molecule has 1 aliphatic carbocycles. The highest BCUT2D eigenvalue weighted by atomic mass is 79.9. The van der Waals surface area contributed by atoms with Crippen LogP contribution in [0.25, 0.3) is 0 Å². The Morgan fingerprint density at radius 3 is 2.76 bits per heavy atom. The van der Waals surface area contributed by atoms with E-state index in [1.165, 1.54) is 0 Å². The fourth-order valence-corrected chi connectivity index (χ4v) is 4.82. The maximum Gasteiger partial charge on any atom is 0.291 e. The smallest absolute Gasteiger partial charge is 0.291 e. The van der Waals surface area contributed by atoms with Gasteiger partial charge in [0.05, 0.1) is 11.8 Å². The van der Waals surface area contributed by atoms with Crippen LogP contribution < -0.4 is 10.6 Å². The molecule has 33 heavy (non-hydrogen) atoms. The first kappa shape index (κ1) is 21.6. The quantitative estimate of drug-likeness (QED) is 0.613. The Labute approximate surface area is 200 Å². The van der Waals surface area contributed by atoms with Crippen LogP contribution in [-0.4, -0.2) is 29.6 Å². The standard InChI is InChI=1S/C25H24BrN5O2/c1-15-21(23(32)28-16-9-3-2-4-10-16)22(17-11-5-6-12-18(17)26)30-24(27-15)31-25-29-19-13-7-8-14-20(19)33-25/h2-6,9-12,14,21-22,25H,7-8,13H2,1H3,(H,28,32)(H,30,31). The van der Waals surface area contributed by atoms with Gasteiger partial charge in [0.15, 0.2) is 0 Å². The minimum atomic E-state index is -0.655. The van der Waals surface area contributed by atoms with E-state index in [1.807, 2.05) is 61.5 Å². The molecule has 1 amide bonds. The fourth-order valence-electron chi connectivity index (χ4n) is 4.29. The second-order valence-corrected chi connectivity index (χ2v) is 9.02. The molecule has 0 fully saturated rings. The molecule has 0 saturated carbocycles. The van der Waals surface area contributed by atoms with Gasteiger partial charge in [-0.2, -0.15) is 4.99 Å². The van der Waals surface area contributed by atoms with Crippen molar-refractivity contribution in [2.24, 2.45) is 20.9 Å². The van der Waals surface area contributed by atoms with Gasteiger partial charge in [0.25, 0.3) is 6.35 Å². The van der Waals surface area contributed by atoms with E-state index in [0.29, 0.717) is 11.7 Å². The lowest BCUT2D eigenvalue weighted by atomic mass is 9.87. The fraction of sp³-hybridized carbons (Fsp3) is 0.280. The first-order valence-electron chi connectivity index (χ1n) is 11.0. The number of guanidine groups is 1. The summed E-state index contributed by atoms with van der Waals surface area (Å²) in [5.41, 5.74) is 3.33. The highest BCUT2D eigenvalue weighted by Crippen LogP contribution is 2.33. The number of para-hydroxylation sites is 1. The molecule has 2 heterocycles. The Balaban J connectivity index is 1.47. The minimum absolute atomic E-state index is 0.136. The van der Waals surface area contributed by atoms with Gasteiger partial charge in [0.2, 0.25) is 11.9 Å². The van der Waals surface area contributed by atoms with Crippen LogP contribution in [-0.2, 0) is 9.53 Å². The second kappa shape index (κ2) is 9.31. The zero-order valence-electron chi connectivity index (χ0n) is 18.2. The number of rotatable bonds is 4. The lowest BCUT2D eigenvalue weighted by molar-refractivity contribution is -0.118. The van der Waals surface area contributed by atoms with E-state index < -0.39 is 12.3 Å². The average molecular weight is 506 g/mol. The van der Waals surface area contributed by atoms with Crippen molar-refractivity contribution in [3.63, 3.8) is 0 Å². The zero-order chi connectivity index (χ0) is 22.8. The van der Waals surface area contributed by atoms with Crippen LogP contribution in [0.15, 0.2) is 85.9 Å². The number of hydrogen-bond acceptors (Lipinski definition) is 4. The molecule has 2 aromatic carbocycles. The number of fused-ring (bicyclic) bond motifs is 1. The Bertz CT molecular complexity index is 1190. The van der Waals surface area contributed by atoms with Crippen LogP contribution in [0.1, 0.15) is 37.8 Å². The van der Waals surface area contributed by atoms with Crippen molar-refractivity contribution in [3.8, 4) is 0 Å². The summed E-state index contributed by atoms with van der Waals surface area (Å²) in [5.74, 6) is 0.576. The normalized spacial score (nSPS) is 25.2. The highest BCUT2D eigenvalue weighted by Gasteiger charge is 2.37. The third-order valence-electron chi connectivity index (χ3n) is 5.88. The molecule has 0 radical (unpaired) electrons. The Morgan fingerprint density at radius 2 is 1.97 bits per heavy atom. The Kier molecular flexibility index (Phi) is 6.09. The average Bonchev–Trinajstić information content (AvgIpc) is 3.22. The van der Waals surface area contributed by atoms with Crippen molar-refractivity contribution in [3.05, 3.63) is 76.5 Å². The molecule has 168 valence electrons. The van der Waals surface area contributed by atoms with E-state index in [-0.39, 0.29) is 11.9 Å². The van der Waals surface area contributed by atoms with Crippen LogP contribution in [0.3, 0.4) is 0 Å². The summed E-state index contributed by atoms with van der Waals surface area (Å²) >= 11 is 3.64. The molecular formula is C25H24BrN5O2. The number of aliphatic imine (C=N–C) groups is 3. The van der Waals surface area contributed by atoms with Gasteiger partial charge in [-0.25, -0.2) is 9.98 Å². The molecule has 2 N–H and O–H groups in total. The Morgan fingerprint density at radius 1 is 1.18 bits per heavy atom. The van der Waals surface area contributed by atoms with Crippen LogP contribution >= 0.6 is 15.9 Å². The van der Waals surface area contributed by atoms with Gasteiger partial charge in [-0.15, -0.1) is 0 Å². The molecule has 3 atom stereocenters. The summed E-state index contributed by atoms with van der Waals surface area (Å²) in [7, 11) is 0. The number of amides is 1. The van der Waals surface area contributed by atoms with Gasteiger partial charge in [-0.3, -0.25) is 4.79 Å². The second-order valence-electron chi connectivity index (χ2n) is 8.16. The van der Waals surface area contributed by atoms with Gasteiger partial charge in [0, 0.05) is 15.9 Å². The molecule has 0 saturated heterocycles. The van der Waals surface area contributed by atoms with Gasteiger partial charge in [0.1, 0.15) is 11.7 Å².